The minimum absolute atomic E-state index is 1.24. The fourth-order valence-corrected chi connectivity index (χ4v) is 11.0. The zero-order chi connectivity index (χ0) is 38.6. The molecule has 0 saturated carbocycles. The van der Waals surface area contributed by atoms with E-state index in [4.69, 9.17) is 0 Å². The largest absolute Gasteiger partial charge is 0.0616 e. The monoisotopic (exact) mass is 734 g/mol. The van der Waals surface area contributed by atoms with Gasteiger partial charge >= 0.3 is 0 Å². The maximum Gasteiger partial charge on any atom is -0.00172 e. The van der Waals surface area contributed by atoms with Crippen molar-refractivity contribution in [3.05, 3.63) is 180 Å². The molecule has 58 heavy (non-hydrogen) atoms. The first-order valence-corrected chi connectivity index (χ1v) is 20.6. The highest BCUT2D eigenvalue weighted by atomic mass is 14.3. The van der Waals surface area contributed by atoms with Crippen molar-refractivity contribution in [3.63, 3.8) is 0 Å². The molecular formula is C58H38. The molecule has 11 aromatic carbocycles. The minimum Gasteiger partial charge on any atom is -0.0616 e. The van der Waals surface area contributed by atoms with Gasteiger partial charge in [0.15, 0.2) is 0 Å². The molecule has 2 aliphatic carbocycles. The van der Waals surface area contributed by atoms with Crippen LogP contribution >= 0.6 is 0 Å². The highest BCUT2D eigenvalue weighted by Crippen LogP contribution is 2.54. The van der Waals surface area contributed by atoms with Gasteiger partial charge in [-0.1, -0.05) is 145 Å². The molecule has 0 amide bonds. The third kappa shape index (κ3) is 4.14. The zero-order valence-corrected chi connectivity index (χ0v) is 33.0. The summed E-state index contributed by atoms with van der Waals surface area (Å²) in [6, 6.07) is 60.6. The maximum atomic E-state index is 2.48. The first kappa shape index (κ1) is 32.1. The number of aryl methyl sites for hydroxylation is 4. The second-order valence-electron chi connectivity index (χ2n) is 17.0. The smallest absolute Gasteiger partial charge is 0.00172 e. The number of rotatable bonds is 2. The van der Waals surface area contributed by atoms with Crippen molar-refractivity contribution in [3.8, 4) is 66.8 Å². The Morgan fingerprint density at radius 2 is 0.603 bits per heavy atom. The average molecular weight is 735 g/mol. The lowest BCUT2D eigenvalue weighted by molar-refractivity contribution is 1.50. The van der Waals surface area contributed by atoms with E-state index in [-0.39, 0.29) is 0 Å². The van der Waals surface area contributed by atoms with E-state index >= 15 is 0 Å². The maximum absolute atomic E-state index is 2.48. The van der Waals surface area contributed by atoms with Crippen molar-refractivity contribution in [2.24, 2.45) is 0 Å². The fourth-order valence-electron chi connectivity index (χ4n) is 11.0. The van der Waals surface area contributed by atoms with Gasteiger partial charge in [-0.3, -0.25) is 0 Å². The van der Waals surface area contributed by atoms with E-state index in [1.807, 2.05) is 0 Å². The van der Waals surface area contributed by atoms with Crippen molar-refractivity contribution >= 4 is 64.6 Å². The number of hydrogen-bond donors (Lipinski definition) is 0. The molecule has 0 atom stereocenters. The first-order chi connectivity index (χ1) is 28.4. The second-order valence-corrected chi connectivity index (χ2v) is 17.0. The summed E-state index contributed by atoms with van der Waals surface area (Å²) in [6.45, 7) is 8.94. The SMILES string of the molecule is Cc1ccc2c(c1)c(-c1ccc(-c3cc4c5ccc(C)c6c5c(cc4c4ccc(C)cc34)-c3ccccc3-6)cc1)cc1c3ccc(C)c4c3c(cc21)-c1ccccc1-4. The molecule has 0 saturated heterocycles. The first-order valence-electron chi connectivity index (χ1n) is 20.6. The molecule has 0 spiro atoms. The predicted octanol–water partition coefficient (Wildman–Crippen LogP) is 16.5. The van der Waals surface area contributed by atoms with E-state index in [9.17, 15) is 0 Å². The molecule has 0 bridgehead atoms. The molecule has 0 radical (unpaired) electrons. The van der Waals surface area contributed by atoms with Crippen LogP contribution in [0.15, 0.2) is 158 Å². The number of benzene rings is 11. The van der Waals surface area contributed by atoms with E-state index < -0.39 is 0 Å². The van der Waals surface area contributed by atoms with E-state index in [0.717, 1.165) is 0 Å². The molecule has 0 N–H and O–H groups in total. The standard InChI is InChI=1S/C58H38/c1-31-13-21-39-47(25-31)45(27-51-43-23-15-33(3)55-41-11-7-5-9-37(41)53(57(43)55)29-49(39)51)35-17-19-36(20-18-35)46-28-52-44-24-16-34(4)56-42-12-8-6-10-38(42)54(58(44)56)30-50(52)40-22-14-32(2)26-48(40)46/h5-30H,1-4H3. The van der Waals surface area contributed by atoms with Crippen LogP contribution in [-0.4, -0.2) is 0 Å². The van der Waals surface area contributed by atoms with Crippen molar-refractivity contribution in [1.29, 1.82) is 0 Å². The Morgan fingerprint density at radius 1 is 0.241 bits per heavy atom. The van der Waals surface area contributed by atoms with Crippen LogP contribution < -0.4 is 0 Å². The molecule has 13 rings (SSSR count). The molecule has 0 aliphatic heterocycles. The molecule has 0 heterocycles. The van der Waals surface area contributed by atoms with Crippen LogP contribution in [0.3, 0.4) is 0 Å². The Bertz CT molecular complexity index is 3440. The van der Waals surface area contributed by atoms with Crippen LogP contribution in [0.5, 0.6) is 0 Å². The van der Waals surface area contributed by atoms with Gasteiger partial charge in [0.1, 0.15) is 0 Å². The number of fused-ring (bicyclic) bond motifs is 14. The lowest BCUT2D eigenvalue weighted by Crippen LogP contribution is -1.90. The summed E-state index contributed by atoms with van der Waals surface area (Å²) in [5.74, 6) is 0. The Morgan fingerprint density at radius 3 is 1.03 bits per heavy atom. The van der Waals surface area contributed by atoms with Crippen molar-refractivity contribution < 1.29 is 0 Å². The van der Waals surface area contributed by atoms with Gasteiger partial charge in [-0.15, -0.1) is 0 Å². The zero-order valence-electron chi connectivity index (χ0n) is 33.0. The van der Waals surface area contributed by atoms with Crippen molar-refractivity contribution in [1.82, 2.24) is 0 Å². The van der Waals surface area contributed by atoms with Crippen LogP contribution in [0.25, 0.3) is 131 Å². The van der Waals surface area contributed by atoms with Gasteiger partial charge in [0.2, 0.25) is 0 Å². The summed E-state index contributed by atoms with van der Waals surface area (Å²) in [6.07, 6.45) is 0. The fraction of sp³-hybridized carbons (Fsp3) is 0.0690. The predicted molar refractivity (Wildman–Crippen MR) is 250 cm³/mol. The Hall–Kier alpha value is -7.02. The van der Waals surface area contributed by atoms with E-state index in [2.05, 4.69) is 185 Å². The number of hydrogen-bond acceptors (Lipinski definition) is 0. The van der Waals surface area contributed by atoms with Crippen LogP contribution in [-0.2, 0) is 0 Å². The lowest BCUT2D eigenvalue weighted by Gasteiger charge is -2.17. The normalized spacial score (nSPS) is 12.5. The molecule has 11 aromatic rings. The molecule has 0 aromatic heterocycles. The molecule has 0 unspecified atom stereocenters. The molecule has 2 aliphatic rings. The Kier molecular flexibility index (Phi) is 6.26. The van der Waals surface area contributed by atoms with Crippen molar-refractivity contribution in [2.75, 3.05) is 0 Å². The van der Waals surface area contributed by atoms with Gasteiger partial charge < -0.3 is 0 Å². The molecule has 270 valence electrons. The highest BCUT2D eigenvalue weighted by molar-refractivity contribution is 6.30. The van der Waals surface area contributed by atoms with Crippen molar-refractivity contribution in [2.45, 2.75) is 27.7 Å². The van der Waals surface area contributed by atoms with Gasteiger partial charge in [0.25, 0.3) is 0 Å². The van der Waals surface area contributed by atoms with Gasteiger partial charge in [-0.05, 0) is 194 Å². The average Bonchev–Trinajstić information content (AvgIpc) is 3.77. The summed E-state index contributed by atoms with van der Waals surface area (Å²) in [5.41, 5.74) is 21.1. The van der Waals surface area contributed by atoms with Crippen LogP contribution in [0, 0.1) is 27.7 Å². The van der Waals surface area contributed by atoms with Crippen LogP contribution in [0.1, 0.15) is 22.3 Å². The topological polar surface area (TPSA) is 0 Å². The van der Waals surface area contributed by atoms with Gasteiger partial charge in [-0.2, -0.15) is 0 Å². The molecule has 0 nitrogen and oxygen atoms in total. The minimum atomic E-state index is 1.24. The van der Waals surface area contributed by atoms with E-state index in [1.54, 1.807) is 0 Å². The third-order valence-corrected chi connectivity index (χ3v) is 13.7. The van der Waals surface area contributed by atoms with Crippen LogP contribution in [0.4, 0.5) is 0 Å². The molecular weight excluding hydrogens is 697 g/mol. The summed E-state index contributed by atoms with van der Waals surface area (Å²) in [7, 11) is 0. The summed E-state index contributed by atoms with van der Waals surface area (Å²) >= 11 is 0. The lowest BCUT2D eigenvalue weighted by atomic mass is 9.86. The van der Waals surface area contributed by atoms with Gasteiger partial charge in [0.05, 0.1) is 0 Å². The van der Waals surface area contributed by atoms with E-state index in [1.165, 1.54) is 154 Å². The van der Waals surface area contributed by atoms with E-state index in [0.29, 0.717) is 0 Å². The molecule has 0 heteroatoms. The Labute approximate surface area is 337 Å². The summed E-state index contributed by atoms with van der Waals surface area (Å²) < 4.78 is 0. The van der Waals surface area contributed by atoms with Gasteiger partial charge in [0, 0.05) is 0 Å². The summed E-state index contributed by atoms with van der Waals surface area (Å²) in [5, 5.41) is 16.0. The van der Waals surface area contributed by atoms with Gasteiger partial charge in [-0.25, -0.2) is 0 Å². The second kappa shape index (κ2) is 11.3. The Balaban J connectivity index is 1.04. The summed E-state index contributed by atoms with van der Waals surface area (Å²) in [4.78, 5) is 0. The van der Waals surface area contributed by atoms with Crippen LogP contribution in [0.2, 0.25) is 0 Å². The third-order valence-electron chi connectivity index (χ3n) is 13.7. The molecule has 0 fully saturated rings. The highest BCUT2D eigenvalue weighted by Gasteiger charge is 2.27. The quantitative estimate of drug-likeness (QED) is 0.155.